The Morgan fingerprint density at radius 1 is 1.47 bits per heavy atom. The van der Waals surface area contributed by atoms with Gasteiger partial charge in [-0.25, -0.2) is 9.37 Å². The Hall–Kier alpha value is -2.28. The summed E-state index contributed by atoms with van der Waals surface area (Å²) < 4.78 is 18.8. The lowest BCUT2D eigenvalue weighted by atomic mass is 10.3. The number of benzene rings is 1. The van der Waals surface area contributed by atoms with Gasteiger partial charge in [0.15, 0.2) is 5.82 Å². The number of hydrogen-bond acceptors (Lipinski definition) is 5. The molecule has 0 atom stereocenters. The molecule has 0 aliphatic rings. The van der Waals surface area contributed by atoms with Crippen LogP contribution in [0.5, 0.6) is 11.6 Å². The van der Waals surface area contributed by atoms with Crippen molar-refractivity contribution in [3.63, 3.8) is 0 Å². The molecular weight excluding hydrogens is 277 g/mol. The first kappa shape index (κ1) is 13.2. The van der Waals surface area contributed by atoms with Gasteiger partial charge >= 0.3 is 5.69 Å². The molecule has 1 heterocycles. The first-order valence-corrected chi connectivity index (χ1v) is 5.46. The Bertz CT molecular complexity index is 651. The number of rotatable bonds is 3. The highest BCUT2D eigenvalue weighted by molar-refractivity contribution is 6.28. The summed E-state index contributed by atoms with van der Waals surface area (Å²) in [4.78, 5) is 17.5. The molecule has 1 aromatic carbocycles. The molecule has 0 saturated heterocycles. The molecule has 0 bridgehead atoms. The van der Waals surface area contributed by atoms with E-state index in [9.17, 15) is 14.5 Å². The molecule has 2 aromatic rings. The molecule has 98 valence electrons. The van der Waals surface area contributed by atoms with Crippen LogP contribution in [0, 0.1) is 22.9 Å². The summed E-state index contributed by atoms with van der Waals surface area (Å²) in [6.45, 7) is 1.61. The number of aryl methyl sites for hydroxylation is 1. The van der Waals surface area contributed by atoms with Gasteiger partial charge in [0.05, 0.1) is 4.92 Å². The lowest BCUT2D eigenvalue weighted by Crippen LogP contribution is -1.99. The zero-order chi connectivity index (χ0) is 14.0. The standard InChI is InChI=1S/C11H7ClFN3O3/c1-6-5-14-11(12)15-10(6)19-9-7(13)3-2-4-8(9)16(17)18/h2-5H,1H3. The van der Waals surface area contributed by atoms with Gasteiger partial charge < -0.3 is 4.74 Å². The molecule has 8 heteroatoms. The molecule has 0 fully saturated rings. The number of ether oxygens (including phenoxy) is 1. The van der Waals surface area contributed by atoms with Gasteiger partial charge in [0, 0.05) is 17.8 Å². The predicted octanol–water partition coefficient (Wildman–Crippen LogP) is 3.28. The summed E-state index contributed by atoms with van der Waals surface area (Å²) in [7, 11) is 0. The Balaban J connectivity index is 2.49. The number of nitrogens with zero attached hydrogens (tertiary/aromatic N) is 3. The van der Waals surface area contributed by atoms with Crippen molar-refractivity contribution in [1.82, 2.24) is 9.97 Å². The summed E-state index contributed by atoms with van der Waals surface area (Å²) in [6, 6.07) is 3.41. The third-order valence-corrected chi connectivity index (χ3v) is 2.42. The monoisotopic (exact) mass is 283 g/mol. The summed E-state index contributed by atoms with van der Waals surface area (Å²) >= 11 is 5.60. The van der Waals surface area contributed by atoms with Crippen LogP contribution in [0.1, 0.15) is 5.56 Å². The van der Waals surface area contributed by atoms with Gasteiger partial charge in [0.2, 0.25) is 16.9 Å². The molecule has 0 aliphatic heterocycles. The minimum Gasteiger partial charge on any atom is -0.428 e. The lowest BCUT2D eigenvalue weighted by molar-refractivity contribution is -0.385. The van der Waals surface area contributed by atoms with Crippen LogP contribution in [0.25, 0.3) is 0 Å². The zero-order valence-corrected chi connectivity index (χ0v) is 10.4. The maximum Gasteiger partial charge on any atom is 0.314 e. The van der Waals surface area contributed by atoms with Gasteiger partial charge in [0.1, 0.15) is 0 Å². The molecule has 0 amide bonds. The minimum atomic E-state index is -0.858. The summed E-state index contributed by atoms with van der Waals surface area (Å²) in [5.74, 6) is -1.40. The highest BCUT2D eigenvalue weighted by Gasteiger charge is 2.21. The van der Waals surface area contributed by atoms with Gasteiger partial charge in [-0.3, -0.25) is 10.1 Å². The number of para-hydroxylation sites is 1. The van der Waals surface area contributed by atoms with E-state index in [1.807, 2.05) is 0 Å². The van der Waals surface area contributed by atoms with Gasteiger partial charge in [-0.05, 0) is 24.6 Å². The van der Waals surface area contributed by atoms with E-state index in [-0.39, 0.29) is 11.2 Å². The SMILES string of the molecule is Cc1cnc(Cl)nc1Oc1c(F)cccc1[N+](=O)[O-]. The van der Waals surface area contributed by atoms with Crippen molar-refractivity contribution in [2.75, 3.05) is 0 Å². The molecule has 0 N–H and O–H groups in total. The maximum atomic E-state index is 13.6. The van der Waals surface area contributed by atoms with Crippen LogP contribution in [0.4, 0.5) is 10.1 Å². The van der Waals surface area contributed by atoms with Crippen LogP contribution >= 0.6 is 11.6 Å². The van der Waals surface area contributed by atoms with Crippen molar-refractivity contribution >= 4 is 17.3 Å². The second-order valence-corrected chi connectivity index (χ2v) is 3.91. The van der Waals surface area contributed by atoms with E-state index >= 15 is 0 Å². The Morgan fingerprint density at radius 3 is 2.89 bits per heavy atom. The van der Waals surface area contributed by atoms with Crippen molar-refractivity contribution in [2.24, 2.45) is 0 Å². The minimum absolute atomic E-state index is 0.0341. The highest BCUT2D eigenvalue weighted by Crippen LogP contribution is 2.34. The van der Waals surface area contributed by atoms with E-state index in [0.29, 0.717) is 5.56 Å². The number of halogens is 2. The van der Waals surface area contributed by atoms with Crippen LogP contribution in [-0.2, 0) is 0 Å². The average molecular weight is 284 g/mol. The second-order valence-electron chi connectivity index (χ2n) is 3.57. The molecule has 0 saturated carbocycles. The second kappa shape index (κ2) is 5.15. The van der Waals surface area contributed by atoms with Crippen LogP contribution in [0.3, 0.4) is 0 Å². The molecule has 1 aromatic heterocycles. The van der Waals surface area contributed by atoms with Gasteiger partial charge in [0.25, 0.3) is 0 Å². The predicted molar refractivity (Wildman–Crippen MR) is 64.9 cm³/mol. The van der Waals surface area contributed by atoms with Crippen LogP contribution in [0.15, 0.2) is 24.4 Å². The summed E-state index contributed by atoms with van der Waals surface area (Å²) in [6.07, 6.45) is 1.37. The number of nitro groups is 1. The van der Waals surface area contributed by atoms with E-state index < -0.39 is 22.2 Å². The summed E-state index contributed by atoms with van der Waals surface area (Å²) in [5.41, 5.74) is -0.0175. The van der Waals surface area contributed by atoms with E-state index in [4.69, 9.17) is 16.3 Å². The smallest absolute Gasteiger partial charge is 0.314 e. The van der Waals surface area contributed by atoms with E-state index in [1.54, 1.807) is 6.92 Å². The van der Waals surface area contributed by atoms with Crippen molar-refractivity contribution in [2.45, 2.75) is 6.92 Å². The number of aromatic nitrogens is 2. The van der Waals surface area contributed by atoms with Crippen molar-refractivity contribution < 1.29 is 14.1 Å². The third kappa shape index (κ3) is 2.76. The maximum absolute atomic E-state index is 13.6. The fraction of sp³-hybridized carbons (Fsp3) is 0.0909. The fourth-order valence-corrected chi connectivity index (χ4v) is 1.47. The van der Waals surface area contributed by atoms with Crippen molar-refractivity contribution in [1.29, 1.82) is 0 Å². The topological polar surface area (TPSA) is 78.2 Å². The molecule has 6 nitrogen and oxygen atoms in total. The lowest BCUT2D eigenvalue weighted by Gasteiger charge is -2.08. The summed E-state index contributed by atoms with van der Waals surface area (Å²) in [5, 5.41) is 10.7. The van der Waals surface area contributed by atoms with Crippen molar-refractivity contribution in [3.05, 3.63) is 51.2 Å². The fourth-order valence-electron chi connectivity index (χ4n) is 1.35. The van der Waals surface area contributed by atoms with Crippen molar-refractivity contribution in [3.8, 4) is 11.6 Å². The largest absolute Gasteiger partial charge is 0.428 e. The Kier molecular flexibility index (Phi) is 3.57. The quantitative estimate of drug-likeness (QED) is 0.491. The number of nitro benzene ring substituents is 1. The van der Waals surface area contributed by atoms with Gasteiger partial charge in [-0.15, -0.1) is 0 Å². The van der Waals surface area contributed by atoms with E-state index in [0.717, 1.165) is 12.1 Å². The number of hydrogen-bond donors (Lipinski definition) is 0. The zero-order valence-electron chi connectivity index (χ0n) is 9.63. The highest BCUT2D eigenvalue weighted by atomic mass is 35.5. The van der Waals surface area contributed by atoms with Crippen LogP contribution in [-0.4, -0.2) is 14.9 Å². The van der Waals surface area contributed by atoms with Crippen LogP contribution in [0.2, 0.25) is 5.28 Å². The van der Waals surface area contributed by atoms with Gasteiger partial charge in [-0.2, -0.15) is 4.98 Å². The normalized spacial score (nSPS) is 10.3. The molecule has 0 unspecified atom stereocenters. The van der Waals surface area contributed by atoms with Crippen LogP contribution < -0.4 is 4.74 Å². The molecule has 19 heavy (non-hydrogen) atoms. The molecule has 0 radical (unpaired) electrons. The van der Waals surface area contributed by atoms with Gasteiger partial charge in [-0.1, -0.05) is 6.07 Å². The molecule has 0 aliphatic carbocycles. The third-order valence-electron chi connectivity index (χ3n) is 2.24. The van der Waals surface area contributed by atoms with E-state index in [2.05, 4.69) is 9.97 Å². The molecular formula is C11H7ClFN3O3. The van der Waals surface area contributed by atoms with E-state index in [1.165, 1.54) is 12.3 Å². The Labute approximate surface area is 112 Å². The Morgan fingerprint density at radius 2 is 2.21 bits per heavy atom. The first-order chi connectivity index (χ1) is 8.99. The molecule has 2 rings (SSSR count). The average Bonchev–Trinajstić information content (AvgIpc) is 2.35. The molecule has 0 spiro atoms. The first-order valence-electron chi connectivity index (χ1n) is 5.09.